The Bertz CT molecular complexity index is 1050. The van der Waals surface area contributed by atoms with Crippen molar-refractivity contribution < 1.29 is 22.3 Å². The van der Waals surface area contributed by atoms with E-state index in [0.717, 1.165) is 24.3 Å². The summed E-state index contributed by atoms with van der Waals surface area (Å²) in [6.07, 6.45) is 0. The average molecular weight is 406 g/mol. The second kappa shape index (κ2) is 7.77. The number of carbonyl (C=O) groups is 1. The molecular weight excluding hydrogens is 391 g/mol. The second-order valence-corrected chi connectivity index (χ2v) is 8.04. The van der Waals surface area contributed by atoms with Crippen LogP contribution in [0.15, 0.2) is 64.9 Å². The number of sulfonamides is 1. The van der Waals surface area contributed by atoms with Crippen LogP contribution in [0.5, 0.6) is 5.75 Å². The first-order chi connectivity index (χ1) is 12.9. The zero-order valence-corrected chi connectivity index (χ0v) is 15.7. The van der Waals surface area contributed by atoms with E-state index in [1.54, 1.807) is 23.6 Å². The number of anilines is 2. The number of nitrogens with one attached hydrogen (secondary N) is 2. The summed E-state index contributed by atoms with van der Waals surface area (Å²) < 4.78 is 45.7. The number of carbonyl (C=O) groups excluding carboxylic acids is 1. The van der Waals surface area contributed by atoms with Crippen LogP contribution >= 0.6 is 11.3 Å². The molecule has 2 aromatic carbocycles. The molecule has 3 rings (SSSR count). The summed E-state index contributed by atoms with van der Waals surface area (Å²) in [5.41, 5.74) is 0.539. The van der Waals surface area contributed by atoms with Gasteiger partial charge in [-0.05, 0) is 53.9 Å². The quantitative estimate of drug-likeness (QED) is 0.649. The van der Waals surface area contributed by atoms with Crippen molar-refractivity contribution in [1.82, 2.24) is 0 Å². The van der Waals surface area contributed by atoms with E-state index in [2.05, 4.69) is 10.0 Å². The fourth-order valence-corrected chi connectivity index (χ4v) is 3.96. The van der Waals surface area contributed by atoms with Gasteiger partial charge in [0.15, 0.2) is 0 Å². The Balaban J connectivity index is 1.87. The number of thiophene rings is 1. The SMILES string of the molecule is COc1ccc(NC(=O)c2cccs2)cc1NS(=O)(=O)c1ccc(F)cc1. The van der Waals surface area contributed by atoms with E-state index in [0.29, 0.717) is 10.6 Å². The highest BCUT2D eigenvalue weighted by Crippen LogP contribution is 2.30. The highest BCUT2D eigenvalue weighted by atomic mass is 32.2. The van der Waals surface area contributed by atoms with Crippen molar-refractivity contribution in [3.8, 4) is 5.75 Å². The summed E-state index contributed by atoms with van der Waals surface area (Å²) >= 11 is 1.29. The normalized spacial score (nSPS) is 11.0. The van der Waals surface area contributed by atoms with Crippen LogP contribution in [0.25, 0.3) is 0 Å². The molecule has 3 aromatic rings. The topological polar surface area (TPSA) is 84.5 Å². The van der Waals surface area contributed by atoms with Crippen molar-refractivity contribution in [1.29, 1.82) is 0 Å². The number of amides is 1. The molecule has 0 atom stereocenters. The molecular formula is C18H15FN2O4S2. The standard InChI is InChI=1S/C18H15FN2O4S2/c1-25-16-9-6-13(20-18(22)17-3-2-10-26-17)11-15(16)21-27(23,24)14-7-4-12(19)5-8-14/h2-11,21H,1H3,(H,20,22). The van der Waals surface area contributed by atoms with Gasteiger partial charge in [-0.15, -0.1) is 11.3 Å². The van der Waals surface area contributed by atoms with Crippen molar-refractivity contribution in [3.63, 3.8) is 0 Å². The van der Waals surface area contributed by atoms with Crippen molar-refractivity contribution in [2.24, 2.45) is 0 Å². The third-order valence-electron chi connectivity index (χ3n) is 3.57. The maximum Gasteiger partial charge on any atom is 0.265 e. The monoisotopic (exact) mass is 406 g/mol. The summed E-state index contributed by atoms with van der Waals surface area (Å²) in [5.74, 6) is -0.567. The van der Waals surface area contributed by atoms with Crippen LogP contribution in [-0.4, -0.2) is 21.4 Å². The Hall–Kier alpha value is -2.91. The zero-order valence-electron chi connectivity index (χ0n) is 14.1. The molecule has 1 aromatic heterocycles. The van der Waals surface area contributed by atoms with Crippen molar-refractivity contribution in [2.45, 2.75) is 4.90 Å². The van der Waals surface area contributed by atoms with Gasteiger partial charge in [0.1, 0.15) is 11.6 Å². The molecule has 0 bridgehead atoms. The number of rotatable bonds is 6. The summed E-state index contributed by atoms with van der Waals surface area (Å²) in [7, 11) is -2.56. The minimum atomic E-state index is -3.96. The number of methoxy groups -OCH3 is 1. The van der Waals surface area contributed by atoms with E-state index < -0.39 is 15.8 Å². The molecule has 0 saturated heterocycles. The maximum absolute atomic E-state index is 13.0. The molecule has 0 aliphatic carbocycles. The van der Waals surface area contributed by atoms with Gasteiger partial charge in [0.05, 0.1) is 22.6 Å². The number of benzene rings is 2. The van der Waals surface area contributed by atoms with Crippen LogP contribution in [0.2, 0.25) is 0 Å². The highest BCUT2D eigenvalue weighted by Gasteiger charge is 2.18. The Labute approximate surface area is 159 Å². The lowest BCUT2D eigenvalue weighted by atomic mass is 10.2. The van der Waals surface area contributed by atoms with Crippen LogP contribution in [0, 0.1) is 5.82 Å². The Morgan fingerprint density at radius 2 is 1.85 bits per heavy atom. The van der Waals surface area contributed by atoms with Crippen LogP contribution in [-0.2, 0) is 10.0 Å². The zero-order chi connectivity index (χ0) is 19.4. The van der Waals surface area contributed by atoms with Crippen molar-refractivity contribution in [3.05, 3.63) is 70.7 Å². The largest absolute Gasteiger partial charge is 0.495 e. The van der Waals surface area contributed by atoms with Crippen LogP contribution in [0.3, 0.4) is 0 Å². The van der Waals surface area contributed by atoms with Gasteiger partial charge >= 0.3 is 0 Å². The molecule has 1 heterocycles. The predicted octanol–water partition coefficient (Wildman–Crippen LogP) is 3.95. The van der Waals surface area contributed by atoms with Gasteiger partial charge in [-0.2, -0.15) is 0 Å². The molecule has 140 valence electrons. The van der Waals surface area contributed by atoms with Gasteiger partial charge in [0.2, 0.25) is 0 Å². The molecule has 0 spiro atoms. The fourth-order valence-electron chi connectivity index (χ4n) is 2.28. The summed E-state index contributed by atoms with van der Waals surface area (Å²) in [6.45, 7) is 0. The van der Waals surface area contributed by atoms with E-state index >= 15 is 0 Å². The predicted molar refractivity (Wildman–Crippen MR) is 102 cm³/mol. The summed E-state index contributed by atoms with van der Waals surface area (Å²) in [4.78, 5) is 12.6. The lowest BCUT2D eigenvalue weighted by Gasteiger charge is -2.14. The molecule has 1 amide bonds. The number of halogens is 1. The minimum absolute atomic E-state index is 0.0982. The third-order valence-corrected chi connectivity index (χ3v) is 5.82. The number of hydrogen-bond acceptors (Lipinski definition) is 5. The first kappa shape index (κ1) is 18.9. The summed E-state index contributed by atoms with van der Waals surface area (Å²) in [6, 6.07) is 12.5. The van der Waals surface area contributed by atoms with Gasteiger partial charge in [-0.25, -0.2) is 12.8 Å². The molecule has 0 aliphatic rings. The number of ether oxygens (including phenoxy) is 1. The third kappa shape index (κ3) is 4.44. The average Bonchev–Trinajstić information content (AvgIpc) is 3.17. The van der Waals surface area contributed by atoms with E-state index in [4.69, 9.17) is 4.74 Å². The van der Waals surface area contributed by atoms with Crippen molar-refractivity contribution in [2.75, 3.05) is 17.1 Å². The molecule has 0 radical (unpaired) electrons. The Morgan fingerprint density at radius 1 is 1.11 bits per heavy atom. The molecule has 6 nitrogen and oxygen atoms in total. The van der Waals surface area contributed by atoms with E-state index in [1.165, 1.54) is 30.6 Å². The fraction of sp³-hybridized carbons (Fsp3) is 0.0556. The first-order valence-corrected chi connectivity index (χ1v) is 10.1. The Morgan fingerprint density at radius 3 is 2.48 bits per heavy atom. The molecule has 0 unspecified atom stereocenters. The van der Waals surface area contributed by atoms with Gasteiger partial charge in [0, 0.05) is 5.69 Å². The minimum Gasteiger partial charge on any atom is -0.495 e. The lowest BCUT2D eigenvalue weighted by Crippen LogP contribution is -2.15. The van der Waals surface area contributed by atoms with E-state index in [9.17, 15) is 17.6 Å². The van der Waals surface area contributed by atoms with Gasteiger partial charge in [-0.3, -0.25) is 9.52 Å². The van der Waals surface area contributed by atoms with Gasteiger partial charge in [-0.1, -0.05) is 6.07 Å². The summed E-state index contributed by atoms with van der Waals surface area (Å²) in [5, 5.41) is 4.48. The number of hydrogen-bond donors (Lipinski definition) is 2. The lowest BCUT2D eigenvalue weighted by molar-refractivity contribution is 0.103. The molecule has 0 saturated carbocycles. The van der Waals surface area contributed by atoms with Crippen LogP contribution in [0.1, 0.15) is 9.67 Å². The highest BCUT2D eigenvalue weighted by molar-refractivity contribution is 7.92. The van der Waals surface area contributed by atoms with E-state index in [-0.39, 0.29) is 22.2 Å². The first-order valence-electron chi connectivity index (χ1n) is 7.70. The molecule has 27 heavy (non-hydrogen) atoms. The molecule has 2 N–H and O–H groups in total. The second-order valence-electron chi connectivity index (χ2n) is 5.41. The van der Waals surface area contributed by atoms with Crippen LogP contribution in [0.4, 0.5) is 15.8 Å². The smallest absolute Gasteiger partial charge is 0.265 e. The Kier molecular flexibility index (Phi) is 5.43. The maximum atomic E-state index is 13.0. The molecule has 9 heteroatoms. The van der Waals surface area contributed by atoms with E-state index in [1.807, 2.05) is 0 Å². The van der Waals surface area contributed by atoms with Gasteiger partial charge < -0.3 is 10.1 Å². The molecule has 0 aliphatic heterocycles. The van der Waals surface area contributed by atoms with Gasteiger partial charge in [0.25, 0.3) is 15.9 Å². The molecule has 0 fully saturated rings. The van der Waals surface area contributed by atoms with Crippen LogP contribution < -0.4 is 14.8 Å². The van der Waals surface area contributed by atoms with Crippen molar-refractivity contribution >= 4 is 38.6 Å².